The number of anilines is 2. The molecule has 1 aliphatic rings. The smallest absolute Gasteiger partial charge is 0.169 e. The van der Waals surface area contributed by atoms with E-state index in [0.717, 1.165) is 5.75 Å². The van der Waals surface area contributed by atoms with E-state index in [0.29, 0.717) is 23.6 Å². The van der Waals surface area contributed by atoms with E-state index in [1.54, 1.807) is 12.4 Å². The van der Waals surface area contributed by atoms with Crippen LogP contribution in [0.15, 0.2) is 12.4 Å². The van der Waals surface area contributed by atoms with Gasteiger partial charge in [-0.05, 0) is 11.7 Å². The minimum atomic E-state index is 0.471. The minimum Gasteiger partial charge on any atom is -0.381 e. The van der Waals surface area contributed by atoms with Crippen LogP contribution in [0, 0.1) is 5.92 Å². The Balaban J connectivity index is 2.07. The van der Waals surface area contributed by atoms with E-state index in [9.17, 15) is 0 Å². The third kappa shape index (κ3) is 1.92. The van der Waals surface area contributed by atoms with Crippen LogP contribution < -0.4 is 11.1 Å². The molecule has 0 bridgehead atoms. The van der Waals surface area contributed by atoms with Crippen LogP contribution in [0.5, 0.6) is 0 Å². The lowest BCUT2D eigenvalue weighted by Gasteiger charge is -2.17. The first-order valence-electron chi connectivity index (χ1n) is 4.68. The standard InChI is InChI=1S/C9H14N4S/c1-6-4-14-5-7(6)13-9-8(10)11-2-3-12-9/h2-3,6-7H,4-5H2,1H3,(H2,10,11)(H,12,13). The highest BCUT2D eigenvalue weighted by Crippen LogP contribution is 2.26. The molecule has 0 aliphatic carbocycles. The van der Waals surface area contributed by atoms with Crippen LogP contribution in [0.25, 0.3) is 0 Å². The van der Waals surface area contributed by atoms with Gasteiger partial charge in [0.25, 0.3) is 0 Å². The van der Waals surface area contributed by atoms with Crippen molar-refractivity contribution < 1.29 is 0 Å². The van der Waals surface area contributed by atoms with Gasteiger partial charge in [-0.25, -0.2) is 9.97 Å². The second-order valence-electron chi connectivity index (χ2n) is 3.56. The first-order chi connectivity index (χ1) is 6.77. The summed E-state index contributed by atoms with van der Waals surface area (Å²) in [5.41, 5.74) is 5.70. The van der Waals surface area contributed by atoms with Gasteiger partial charge in [0, 0.05) is 24.2 Å². The number of aromatic nitrogens is 2. The SMILES string of the molecule is CC1CSCC1Nc1nccnc1N. The molecular formula is C9H14N4S. The predicted octanol–water partition coefficient (Wildman–Crippen LogP) is 1.22. The fraction of sp³-hybridized carbons (Fsp3) is 0.556. The third-order valence-electron chi connectivity index (χ3n) is 2.41. The highest BCUT2D eigenvalue weighted by atomic mass is 32.2. The van der Waals surface area contributed by atoms with E-state index in [4.69, 9.17) is 5.73 Å². The summed E-state index contributed by atoms with van der Waals surface area (Å²) in [7, 11) is 0. The van der Waals surface area contributed by atoms with Crippen LogP contribution in [0.2, 0.25) is 0 Å². The zero-order chi connectivity index (χ0) is 9.97. The van der Waals surface area contributed by atoms with Gasteiger partial charge < -0.3 is 11.1 Å². The molecule has 0 amide bonds. The molecule has 2 heterocycles. The first kappa shape index (κ1) is 9.58. The molecule has 0 spiro atoms. The average molecular weight is 210 g/mol. The molecule has 3 N–H and O–H groups in total. The van der Waals surface area contributed by atoms with Crippen molar-refractivity contribution in [3.05, 3.63) is 12.4 Å². The molecule has 0 saturated carbocycles. The van der Waals surface area contributed by atoms with E-state index in [2.05, 4.69) is 22.2 Å². The molecule has 5 heteroatoms. The van der Waals surface area contributed by atoms with E-state index in [-0.39, 0.29) is 0 Å². The van der Waals surface area contributed by atoms with Gasteiger partial charge >= 0.3 is 0 Å². The Kier molecular flexibility index (Phi) is 2.77. The van der Waals surface area contributed by atoms with Crippen molar-refractivity contribution in [2.75, 3.05) is 22.6 Å². The summed E-state index contributed by atoms with van der Waals surface area (Å²) >= 11 is 1.96. The average Bonchev–Trinajstić information content (AvgIpc) is 2.56. The molecule has 0 aromatic carbocycles. The van der Waals surface area contributed by atoms with Crippen molar-refractivity contribution in [1.82, 2.24) is 9.97 Å². The van der Waals surface area contributed by atoms with Crippen molar-refractivity contribution in [2.45, 2.75) is 13.0 Å². The van der Waals surface area contributed by atoms with E-state index < -0.39 is 0 Å². The lowest BCUT2D eigenvalue weighted by atomic mass is 10.1. The van der Waals surface area contributed by atoms with Gasteiger partial charge in [0.2, 0.25) is 0 Å². The summed E-state index contributed by atoms with van der Waals surface area (Å²) in [4.78, 5) is 8.16. The van der Waals surface area contributed by atoms with Crippen LogP contribution in [0.1, 0.15) is 6.92 Å². The molecule has 2 rings (SSSR count). The minimum absolute atomic E-state index is 0.471. The van der Waals surface area contributed by atoms with Gasteiger partial charge in [-0.2, -0.15) is 11.8 Å². The fourth-order valence-electron chi connectivity index (χ4n) is 1.48. The Bertz CT molecular complexity index is 317. The van der Waals surface area contributed by atoms with Crippen LogP contribution in [0.4, 0.5) is 11.6 Å². The summed E-state index contributed by atoms with van der Waals surface area (Å²) in [6, 6.07) is 0.471. The van der Waals surface area contributed by atoms with Gasteiger partial charge in [-0.1, -0.05) is 6.92 Å². The number of nitrogens with one attached hydrogen (secondary N) is 1. The van der Waals surface area contributed by atoms with E-state index >= 15 is 0 Å². The lowest BCUT2D eigenvalue weighted by molar-refractivity contribution is 0.597. The summed E-state index contributed by atoms with van der Waals surface area (Å²) in [6.45, 7) is 2.24. The number of hydrogen-bond acceptors (Lipinski definition) is 5. The van der Waals surface area contributed by atoms with Crippen LogP contribution in [-0.4, -0.2) is 27.5 Å². The van der Waals surface area contributed by atoms with Crippen molar-refractivity contribution in [3.8, 4) is 0 Å². The van der Waals surface area contributed by atoms with Crippen molar-refractivity contribution in [2.24, 2.45) is 5.92 Å². The second kappa shape index (κ2) is 4.04. The van der Waals surface area contributed by atoms with Crippen molar-refractivity contribution >= 4 is 23.4 Å². The van der Waals surface area contributed by atoms with Crippen molar-refractivity contribution in [3.63, 3.8) is 0 Å². The largest absolute Gasteiger partial charge is 0.381 e. The topological polar surface area (TPSA) is 63.8 Å². The van der Waals surface area contributed by atoms with Crippen LogP contribution in [-0.2, 0) is 0 Å². The van der Waals surface area contributed by atoms with Gasteiger partial charge in [-0.3, -0.25) is 0 Å². The number of nitrogens with zero attached hydrogens (tertiary/aromatic N) is 2. The molecule has 1 aliphatic heterocycles. The normalized spacial score (nSPS) is 26.4. The third-order valence-corrected chi connectivity index (χ3v) is 3.77. The quantitative estimate of drug-likeness (QED) is 0.768. The summed E-state index contributed by atoms with van der Waals surface area (Å²) in [6.07, 6.45) is 3.26. The Labute approximate surface area is 87.7 Å². The molecule has 76 valence electrons. The molecule has 2 atom stereocenters. The second-order valence-corrected chi connectivity index (χ2v) is 4.63. The molecule has 4 nitrogen and oxygen atoms in total. The number of nitrogens with two attached hydrogens (primary N) is 1. The van der Waals surface area contributed by atoms with Crippen molar-refractivity contribution in [1.29, 1.82) is 0 Å². The lowest BCUT2D eigenvalue weighted by Crippen LogP contribution is -2.26. The molecule has 1 aromatic heterocycles. The molecule has 14 heavy (non-hydrogen) atoms. The van der Waals surface area contributed by atoms with Gasteiger partial charge in [0.1, 0.15) is 0 Å². The van der Waals surface area contributed by atoms with E-state index in [1.165, 1.54) is 5.75 Å². The summed E-state index contributed by atoms with van der Waals surface area (Å²) in [5.74, 6) is 4.19. The van der Waals surface area contributed by atoms with Crippen LogP contribution >= 0.6 is 11.8 Å². The maximum Gasteiger partial charge on any atom is 0.169 e. The number of hydrogen-bond donors (Lipinski definition) is 2. The molecule has 1 fully saturated rings. The number of thioether (sulfide) groups is 1. The van der Waals surface area contributed by atoms with Gasteiger partial charge in [-0.15, -0.1) is 0 Å². The van der Waals surface area contributed by atoms with Gasteiger partial charge in [0.05, 0.1) is 0 Å². The zero-order valence-electron chi connectivity index (χ0n) is 8.10. The maximum absolute atomic E-state index is 5.70. The molecular weight excluding hydrogens is 196 g/mol. The Morgan fingerprint density at radius 2 is 2.21 bits per heavy atom. The zero-order valence-corrected chi connectivity index (χ0v) is 8.92. The highest BCUT2D eigenvalue weighted by molar-refractivity contribution is 7.99. The maximum atomic E-state index is 5.70. The number of rotatable bonds is 2. The van der Waals surface area contributed by atoms with E-state index in [1.807, 2.05) is 11.8 Å². The monoisotopic (exact) mass is 210 g/mol. The fourth-order valence-corrected chi connectivity index (χ4v) is 2.89. The Hall–Kier alpha value is -0.970. The first-order valence-corrected chi connectivity index (χ1v) is 5.83. The Morgan fingerprint density at radius 1 is 1.43 bits per heavy atom. The molecule has 1 saturated heterocycles. The molecule has 0 radical (unpaired) electrons. The predicted molar refractivity (Wildman–Crippen MR) is 60.3 cm³/mol. The van der Waals surface area contributed by atoms with Crippen LogP contribution in [0.3, 0.4) is 0 Å². The Morgan fingerprint density at radius 3 is 2.86 bits per heavy atom. The number of nitrogen functional groups attached to an aromatic ring is 1. The summed E-state index contributed by atoms with van der Waals surface area (Å²) < 4.78 is 0. The molecule has 2 unspecified atom stereocenters. The molecule has 1 aromatic rings. The summed E-state index contributed by atoms with van der Waals surface area (Å²) in [5, 5.41) is 3.34. The van der Waals surface area contributed by atoms with Gasteiger partial charge in [0.15, 0.2) is 11.6 Å². The highest BCUT2D eigenvalue weighted by Gasteiger charge is 2.24.